The van der Waals surface area contributed by atoms with Crippen molar-refractivity contribution in [1.29, 1.82) is 0 Å². The van der Waals surface area contributed by atoms with Crippen molar-refractivity contribution in [3.05, 3.63) is 58.5 Å². The van der Waals surface area contributed by atoms with Gasteiger partial charge in [0, 0.05) is 46.7 Å². The summed E-state index contributed by atoms with van der Waals surface area (Å²) in [5.41, 5.74) is 2.47. The molecule has 3 aromatic heterocycles. The van der Waals surface area contributed by atoms with Gasteiger partial charge < -0.3 is 14.8 Å². The van der Waals surface area contributed by atoms with Crippen molar-refractivity contribution in [3.63, 3.8) is 0 Å². The number of para-hydroxylation sites is 1. The molecule has 6 rings (SSSR count). The molecule has 0 unspecified atom stereocenters. The maximum absolute atomic E-state index is 6.77. The number of pyridine rings is 1. The molecule has 0 aliphatic carbocycles. The van der Waals surface area contributed by atoms with E-state index in [0.29, 0.717) is 23.2 Å². The zero-order valence-electron chi connectivity index (χ0n) is 18.8. The van der Waals surface area contributed by atoms with E-state index in [1.165, 1.54) is 6.33 Å². The number of thiophene rings is 1. The van der Waals surface area contributed by atoms with Gasteiger partial charge in [-0.1, -0.05) is 29.8 Å². The number of fused-ring (bicyclic) bond motifs is 3. The molecule has 10 heteroatoms. The van der Waals surface area contributed by atoms with E-state index in [0.717, 1.165) is 71.6 Å². The Morgan fingerprint density at radius 1 is 1.09 bits per heavy atom. The molecule has 1 saturated heterocycles. The maximum Gasteiger partial charge on any atom is 0.157 e. The number of nitrogens with zero attached hydrogens (tertiary/aromatic N) is 4. The number of benzene rings is 2. The molecular formula is C25H23ClN6O2S. The summed E-state index contributed by atoms with van der Waals surface area (Å²) in [5, 5.41) is 18.4. The Hall–Kier alpha value is -3.24. The summed E-state index contributed by atoms with van der Waals surface area (Å²) < 4.78 is 11.4. The average Bonchev–Trinajstić information content (AvgIpc) is 3.60. The average molecular weight is 507 g/mol. The molecule has 0 spiro atoms. The van der Waals surface area contributed by atoms with Crippen molar-refractivity contribution >= 4 is 56.1 Å². The number of nitrogens with one attached hydrogen (secondary N) is 2. The molecule has 35 heavy (non-hydrogen) atoms. The van der Waals surface area contributed by atoms with E-state index >= 15 is 0 Å². The van der Waals surface area contributed by atoms with Gasteiger partial charge in [-0.3, -0.25) is 10.00 Å². The van der Waals surface area contributed by atoms with Gasteiger partial charge in [-0.05, 0) is 23.6 Å². The lowest BCUT2D eigenvalue weighted by Crippen LogP contribution is -2.38. The highest BCUT2D eigenvalue weighted by Gasteiger charge is 2.17. The zero-order chi connectivity index (χ0) is 23.6. The normalized spacial score (nSPS) is 14.5. The Labute approximate surface area is 210 Å². The molecule has 2 N–H and O–H groups in total. The van der Waals surface area contributed by atoms with E-state index in [-0.39, 0.29) is 0 Å². The van der Waals surface area contributed by atoms with Gasteiger partial charge in [0.05, 0.1) is 24.4 Å². The van der Waals surface area contributed by atoms with E-state index in [2.05, 4.69) is 42.2 Å². The van der Waals surface area contributed by atoms with Gasteiger partial charge in [-0.25, -0.2) is 9.97 Å². The van der Waals surface area contributed by atoms with Crippen LogP contribution in [0.4, 0.5) is 11.5 Å². The number of rotatable bonds is 7. The van der Waals surface area contributed by atoms with Crippen molar-refractivity contribution in [1.82, 2.24) is 25.1 Å². The Kier molecular flexibility index (Phi) is 6.22. The molecule has 8 nitrogen and oxygen atoms in total. The second-order valence-corrected chi connectivity index (χ2v) is 9.36. The van der Waals surface area contributed by atoms with Crippen LogP contribution in [0, 0.1) is 0 Å². The third-order valence-corrected chi connectivity index (χ3v) is 7.26. The van der Waals surface area contributed by atoms with Gasteiger partial charge in [0.15, 0.2) is 5.82 Å². The predicted molar refractivity (Wildman–Crippen MR) is 140 cm³/mol. The third-order valence-electron chi connectivity index (χ3n) is 6.12. The van der Waals surface area contributed by atoms with Crippen molar-refractivity contribution in [3.8, 4) is 17.1 Å². The highest BCUT2D eigenvalue weighted by atomic mass is 35.5. The summed E-state index contributed by atoms with van der Waals surface area (Å²) in [6.45, 7) is 4.80. The molecule has 4 heterocycles. The van der Waals surface area contributed by atoms with Crippen LogP contribution in [0.3, 0.4) is 0 Å². The van der Waals surface area contributed by atoms with Gasteiger partial charge in [0.2, 0.25) is 0 Å². The maximum atomic E-state index is 6.77. The first-order valence-corrected chi connectivity index (χ1v) is 12.7. The molecule has 2 aromatic carbocycles. The second kappa shape index (κ2) is 9.79. The van der Waals surface area contributed by atoms with Crippen LogP contribution in [0.2, 0.25) is 5.02 Å². The number of hydrogen-bond acceptors (Lipinski definition) is 8. The third kappa shape index (κ3) is 4.43. The minimum atomic E-state index is 0.531. The zero-order valence-corrected chi connectivity index (χ0v) is 20.4. The van der Waals surface area contributed by atoms with Gasteiger partial charge in [-0.2, -0.15) is 16.4 Å². The lowest BCUT2D eigenvalue weighted by Gasteiger charge is -2.26. The fraction of sp³-hybridized carbons (Fsp3) is 0.240. The van der Waals surface area contributed by atoms with Gasteiger partial charge in [-0.15, -0.1) is 0 Å². The summed E-state index contributed by atoms with van der Waals surface area (Å²) in [6, 6.07) is 11.8. The molecule has 1 aliphatic heterocycles. The number of aromatic nitrogens is 4. The first-order chi connectivity index (χ1) is 17.3. The van der Waals surface area contributed by atoms with Gasteiger partial charge >= 0.3 is 0 Å². The molecule has 0 amide bonds. The Morgan fingerprint density at radius 3 is 2.80 bits per heavy atom. The molecule has 178 valence electrons. The van der Waals surface area contributed by atoms with Crippen LogP contribution in [0.1, 0.15) is 0 Å². The number of aromatic amines is 1. The Bertz CT molecular complexity index is 1470. The molecule has 1 fully saturated rings. The van der Waals surface area contributed by atoms with Crippen LogP contribution in [0.25, 0.3) is 33.1 Å². The van der Waals surface area contributed by atoms with Crippen molar-refractivity contribution < 1.29 is 9.47 Å². The van der Waals surface area contributed by atoms with Gasteiger partial charge in [0.25, 0.3) is 0 Å². The summed E-state index contributed by atoms with van der Waals surface area (Å²) in [7, 11) is 0. The number of ether oxygens (including phenoxy) is 2. The first kappa shape index (κ1) is 22.2. The summed E-state index contributed by atoms with van der Waals surface area (Å²) >= 11 is 8.41. The lowest BCUT2D eigenvalue weighted by atomic mass is 10.1. The Balaban J connectivity index is 1.31. The highest BCUT2D eigenvalue weighted by molar-refractivity contribution is 7.09. The lowest BCUT2D eigenvalue weighted by molar-refractivity contribution is 0.0322. The van der Waals surface area contributed by atoms with Crippen molar-refractivity contribution in [2.45, 2.75) is 0 Å². The summed E-state index contributed by atoms with van der Waals surface area (Å²) in [4.78, 5) is 11.7. The van der Waals surface area contributed by atoms with E-state index in [1.54, 1.807) is 11.3 Å². The minimum absolute atomic E-state index is 0.531. The SMILES string of the molecule is Clc1c(Nc2nc3c(-c4ncn[nH]4)cccc3c3cscc23)cccc1OCCN1CCOCC1. The molecule has 0 atom stereocenters. The number of halogens is 1. The molecule has 0 radical (unpaired) electrons. The van der Waals surface area contributed by atoms with E-state index in [1.807, 2.05) is 30.3 Å². The van der Waals surface area contributed by atoms with Crippen LogP contribution < -0.4 is 10.1 Å². The number of morpholine rings is 1. The van der Waals surface area contributed by atoms with E-state index < -0.39 is 0 Å². The van der Waals surface area contributed by atoms with Crippen molar-refractivity contribution in [2.75, 3.05) is 44.8 Å². The Morgan fingerprint density at radius 2 is 1.94 bits per heavy atom. The first-order valence-electron chi connectivity index (χ1n) is 11.4. The fourth-order valence-electron chi connectivity index (χ4n) is 4.32. The summed E-state index contributed by atoms with van der Waals surface area (Å²) in [6.07, 6.45) is 1.50. The standard InChI is InChI=1S/C25H23ClN6O2S/c26-22-20(5-2-6-21(22)34-12-9-32-7-10-33-11-8-32)29-25-19-14-35-13-18(19)16-3-1-4-17(23(16)30-25)24-27-15-28-31-24/h1-6,13-15H,7-12H2,(H,29,30)(H,27,28,31). The summed E-state index contributed by atoms with van der Waals surface area (Å²) in [5.74, 6) is 2.06. The van der Waals surface area contributed by atoms with Crippen LogP contribution in [-0.2, 0) is 4.74 Å². The largest absolute Gasteiger partial charge is 0.491 e. The van der Waals surface area contributed by atoms with Crippen LogP contribution in [-0.4, -0.2) is 64.5 Å². The second-order valence-electron chi connectivity index (χ2n) is 8.24. The number of H-pyrrole nitrogens is 1. The molecular weight excluding hydrogens is 484 g/mol. The highest BCUT2D eigenvalue weighted by Crippen LogP contribution is 2.39. The molecule has 1 aliphatic rings. The monoisotopic (exact) mass is 506 g/mol. The van der Waals surface area contributed by atoms with Gasteiger partial charge in [0.1, 0.15) is 29.5 Å². The molecule has 5 aromatic rings. The van der Waals surface area contributed by atoms with E-state index in [9.17, 15) is 0 Å². The predicted octanol–water partition coefficient (Wildman–Crippen LogP) is 5.34. The van der Waals surface area contributed by atoms with E-state index in [4.69, 9.17) is 26.1 Å². The minimum Gasteiger partial charge on any atom is -0.491 e. The quantitative estimate of drug-likeness (QED) is 0.308. The topological polar surface area (TPSA) is 88.2 Å². The number of hydrogen-bond donors (Lipinski definition) is 2. The van der Waals surface area contributed by atoms with Crippen LogP contribution in [0.5, 0.6) is 5.75 Å². The van der Waals surface area contributed by atoms with Crippen molar-refractivity contribution in [2.24, 2.45) is 0 Å². The smallest absolute Gasteiger partial charge is 0.157 e. The fourth-order valence-corrected chi connectivity index (χ4v) is 5.38. The van der Waals surface area contributed by atoms with Crippen LogP contribution in [0.15, 0.2) is 53.5 Å². The van der Waals surface area contributed by atoms with Crippen LogP contribution >= 0.6 is 22.9 Å². The molecule has 0 bridgehead atoms. The molecule has 0 saturated carbocycles. The number of anilines is 2.